The third-order valence-corrected chi connectivity index (χ3v) is 3.29. The minimum atomic E-state index is 0.844. The van der Waals surface area contributed by atoms with E-state index in [-0.39, 0.29) is 0 Å². The lowest BCUT2D eigenvalue weighted by Gasteiger charge is -2.18. The predicted molar refractivity (Wildman–Crippen MR) is 66.3 cm³/mol. The number of rotatable bonds is 5. The summed E-state index contributed by atoms with van der Waals surface area (Å²) in [5.74, 6) is 0.844. The third-order valence-electron chi connectivity index (χ3n) is 3.29. The summed E-state index contributed by atoms with van der Waals surface area (Å²) in [6, 6.07) is 2.09. The summed E-state index contributed by atoms with van der Waals surface area (Å²) in [6.07, 6.45) is 11.4. The molecular weight excluding hydrogens is 198 g/mol. The fraction of sp³-hybridized carbons (Fsp3) is 0.615. The number of hydrogen-bond donors (Lipinski definition) is 1. The van der Waals surface area contributed by atoms with Gasteiger partial charge in [0.05, 0.1) is 0 Å². The Morgan fingerprint density at radius 2 is 2.44 bits per heavy atom. The molecule has 1 unspecified atom stereocenters. The van der Waals surface area contributed by atoms with E-state index in [4.69, 9.17) is 0 Å². The van der Waals surface area contributed by atoms with Crippen LogP contribution in [0.5, 0.6) is 0 Å². The van der Waals surface area contributed by atoms with Crippen LogP contribution in [0.1, 0.15) is 25.0 Å². The molecule has 1 N–H and O–H groups in total. The number of allylic oxidation sites excluding steroid dienone is 2. The zero-order chi connectivity index (χ0) is 11.2. The summed E-state index contributed by atoms with van der Waals surface area (Å²) < 4.78 is 1.95. The molecule has 0 radical (unpaired) electrons. The molecule has 0 bridgehead atoms. The molecule has 1 atom stereocenters. The van der Waals surface area contributed by atoms with Crippen molar-refractivity contribution in [3.8, 4) is 0 Å². The summed E-state index contributed by atoms with van der Waals surface area (Å²) in [6.45, 7) is 2.21. The van der Waals surface area contributed by atoms with Crippen molar-refractivity contribution < 1.29 is 0 Å². The molecule has 1 aromatic rings. The van der Waals surface area contributed by atoms with Crippen LogP contribution in [0.15, 0.2) is 24.4 Å². The highest BCUT2D eigenvalue weighted by Gasteiger charge is 2.08. The van der Waals surface area contributed by atoms with Gasteiger partial charge in [-0.05, 0) is 37.8 Å². The van der Waals surface area contributed by atoms with Gasteiger partial charge in [-0.2, -0.15) is 5.10 Å². The van der Waals surface area contributed by atoms with E-state index in [1.165, 1.54) is 25.0 Å². The lowest BCUT2D eigenvalue weighted by molar-refractivity contribution is 0.441. The van der Waals surface area contributed by atoms with Crippen molar-refractivity contribution in [2.24, 2.45) is 13.0 Å². The number of nitrogens with zero attached hydrogens (tertiary/aromatic N) is 2. The third kappa shape index (κ3) is 3.20. The summed E-state index contributed by atoms with van der Waals surface area (Å²) in [4.78, 5) is 0. The average Bonchev–Trinajstić information content (AvgIpc) is 2.72. The molecule has 0 spiro atoms. The molecule has 3 nitrogen and oxygen atoms in total. The van der Waals surface area contributed by atoms with Gasteiger partial charge in [-0.1, -0.05) is 12.2 Å². The Hall–Kier alpha value is -1.09. The van der Waals surface area contributed by atoms with Gasteiger partial charge in [0, 0.05) is 31.9 Å². The van der Waals surface area contributed by atoms with E-state index in [9.17, 15) is 0 Å². The molecule has 88 valence electrons. The molecule has 0 saturated carbocycles. The fourth-order valence-corrected chi connectivity index (χ4v) is 2.21. The molecule has 1 aliphatic rings. The van der Waals surface area contributed by atoms with E-state index in [0.717, 1.165) is 25.4 Å². The van der Waals surface area contributed by atoms with Crippen LogP contribution < -0.4 is 5.32 Å². The van der Waals surface area contributed by atoms with E-state index >= 15 is 0 Å². The Labute approximate surface area is 97.5 Å². The topological polar surface area (TPSA) is 29.9 Å². The molecule has 16 heavy (non-hydrogen) atoms. The van der Waals surface area contributed by atoms with Crippen molar-refractivity contribution >= 4 is 0 Å². The SMILES string of the molecule is Cn1nccc1CCNCC1CC=CCC1. The van der Waals surface area contributed by atoms with Crippen LogP contribution in [0.2, 0.25) is 0 Å². The van der Waals surface area contributed by atoms with Crippen molar-refractivity contribution in [2.75, 3.05) is 13.1 Å². The molecule has 0 amide bonds. The number of aromatic nitrogens is 2. The van der Waals surface area contributed by atoms with Crippen molar-refractivity contribution in [2.45, 2.75) is 25.7 Å². The first-order chi connectivity index (χ1) is 7.86. The Morgan fingerprint density at radius 1 is 1.50 bits per heavy atom. The van der Waals surface area contributed by atoms with E-state index in [0.29, 0.717) is 0 Å². The second-order valence-corrected chi connectivity index (χ2v) is 4.55. The van der Waals surface area contributed by atoms with Crippen LogP contribution in [0, 0.1) is 5.92 Å². The van der Waals surface area contributed by atoms with Crippen LogP contribution in [-0.2, 0) is 13.5 Å². The van der Waals surface area contributed by atoms with Gasteiger partial charge in [0.1, 0.15) is 0 Å². The van der Waals surface area contributed by atoms with Gasteiger partial charge in [-0.15, -0.1) is 0 Å². The Kier molecular flexibility index (Phi) is 4.17. The van der Waals surface area contributed by atoms with Gasteiger partial charge in [0.2, 0.25) is 0 Å². The quantitative estimate of drug-likeness (QED) is 0.605. The smallest absolute Gasteiger partial charge is 0.0492 e. The first-order valence-electron chi connectivity index (χ1n) is 6.19. The number of nitrogens with one attached hydrogen (secondary N) is 1. The highest BCUT2D eigenvalue weighted by atomic mass is 15.3. The second kappa shape index (κ2) is 5.85. The van der Waals surface area contributed by atoms with Gasteiger partial charge >= 0.3 is 0 Å². The van der Waals surface area contributed by atoms with Gasteiger partial charge in [0.25, 0.3) is 0 Å². The summed E-state index contributed by atoms with van der Waals surface area (Å²) in [5.41, 5.74) is 1.30. The van der Waals surface area contributed by atoms with Gasteiger partial charge in [-0.25, -0.2) is 0 Å². The van der Waals surface area contributed by atoms with Gasteiger partial charge in [-0.3, -0.25) is 4.68 Å². The molecule has 0 aromatic carbocycles. The number of aryl methyl sites for hydroxylation is 1. The molecule has 0 aliphatic heterocycles. The van der Waals surface area contributed by atoms with Crippen LogP contribution in [0.25, 0.3) is 0 Å². The van der Waals surface area contributed by atoms with Crippen LogP contribution >= 0.6 is 0 Å². The molecule has 3 heteroatoms. The Balaban J connectivity index is 1.62. The lowest BCUT2D eigenvalue weighted by Crippen LogP contribution is -2.25. The summed E-state index contributed by atoms with van der Waals surface area (Å²) in [5, 5.41) is 7.71. The normalized spacial score (nSPS) is 20.2. The highest BCUT2D eigenvalue weighted by molar-refractivity contribution is 5.00. The maximum Gasteiger partial charge on any atom is 0.0492 e. The van der Waals surface area contributed by atoms with Gasteiger partial charge in [0.15, 0.2) is 0 Å². The monoisotopic (exact) mass is 219 g/mol. The maximum absolute atomic E-state index is 4.16. The molecule has 1 aliphatic carbocycles. The molecule has 2 rings (SSSR count). The predicted octanol–water partition coefficient (Wildman–Crippen LogP) is 1.91. The van der Waals surface area contributed by atoms with Crippen molar-refractivity contribution in [3.05, 3.63) is 30.1 Å². The van der Waals surface area contributed by atoms with Crippen molar-refractivity contribution in [3.63, 3.8) is 0 Å². The van der Waals surface area contributed by atoms with E-state index in [1.54, 1.807) is 0 Å². The molecule has 0 fully saturated rings. The molecular formula is C13H21N3. The summed E-state index contributed by atoms with van der Waals surface area (Å²) >= 11 is 0. The van der Waals surface area contributed by atoms with E-state index in [1.807, 2.05) is 17.9 Å². The van der Waals surface area contributed by atoms with E-state index in [2.05, 4.69) is 28.6 Å². The molecule has 1 aromatic heterocycles. The molecule has 0 saturated heterocycles. The average molecular weight is 219 g/mol. The van der Waals surface area contributed by atoms with Gasteiger partial charge < -0.3 is 5.32 Å². The first-order valence-corrected chi connectivity index (χ1v) is 6.19. The second-order valence-electron chi connectivity index (χ2n) is 4.55. The summed E-state index contributed by atoms with van der Waals surface area (Å²) in [7, 11) is 2.00. The van der Waals surface area contributed by atoms with Crippen LogP contribution in [0.3, 0.4) is 0 Å². The highest BCUT2D eigenvalue weighted by Crippen LogP contribution is 2.16. The van der Waals surface area contributed by atoms with Crippen molar-refractivity contribution in [1.82, 2.24) is 15.1 Å². The first kappa shape index (κ1) is 11.4. The maximum atomic E-state index is 4.16. The lowest BCUT2D eigenvalue weighted by atomic mass is 9.94. The zero-order valence-electron chi connectivity index (χ0n) is 10.0. The Morgan fingerprint density at radius 3 is 3.12 bits per heavy atom. The zero-order valence-corrected chi connectivity index (χ0v) is 10.0. The van der Waals surface area contributed by atoms with Crippen LogP contribution in [-0.4, -0.2) is 22.9 Å². The Bertz CT molecular complexity index is 341. The van der Waals surface area contributed by atoms with E-state index < -0.39 is 0 Å². The molecule has 1 heterocycles. The number of hydrogen-bond acceptors (Lipinski definition) is 2. The minimum Gasteiger partial charge on any atom is -0.316 e. The van der Waals surface area contributed by atoms with Crippen molar-refractivity contribution in [1.29, 1.82) is 0 Å². The fourth-order valence-electron chi connectivity index (χ4n) is 2.21. The van der Waals surface area contributed by atoms with Crippen LogP contribution in [0.4, 0.5) is 0 Å². The minimum absolute atomic E-state index is 0.844. The largest absolute Gasteiger partial charge is 0.316 e. The standard InChI is InChI=1S/C13H21N3/c1-16-13(8-10-15-16)7-9-14-11-12-5-3-2-4-6-12/h2-3,8,10,12,14H,4-7,9,11H2,1H3.